The number of ether oxygens (including phenoxy) is 1. The lowest BCUT2D eigenvalue weighted by Gasteiger charge is -2.26. The van der Waals surface area contributed by atoms with Crippen LogP contribution in [0.4, 0.5) is 0 Å². The van der Waals surface area contributed by atoms with Crippen LogP contribution in [0.25, 0.3) is 10.9 Å². The summed E-state index contributed by atoms with van der Waals surface area (Å²) >= 11 is 0. The standard InChI is InChI=1S/C13H15N3O4S.2C2H6.CH3NO2/c14-13(17)11-12(9-3-1-2-4-10(9)15-11)21(18,19)16-5-7-20-8-6-16;2*1-2;1-2(3)4/h1-4,15H,5-8H2,(H2,14,17);2*1-2H3;1H3. The second-order valence-corrected chi connectivity index (χ2v) is 7.07. The summed E-state index contributed by atoms with van der Waals surface area (Å²) in [5.41, 5.74) is 5.81. The van der Waals surface area contributed by atoms with Gasteiger partial charge in [0.15, 0.2) is 7.05 Å². The molecule has 0 spiro atoms. The number of fused-ring (bicyclic) bond motifs is 1. The normalized spacial score (nSPS) is 13.7. The first-order valence-electron chi connectivity index (χ1n) is 9.31. The van der Waals surface area contributed by atoms with Gasteiger partial charge in [-0.15, -0.1) is 0 Å². The molecule has 1 aliphatic heterocycles. The van der Waals surface area contributed by atoms with E-state index in [0.717, 1.165) is 7.05 Å². The summed E-state index contributed by atoms with van der Waals surface area (Å²) in [6.45, 7) is 9.21. The summed E-state index contributed by atoms with van der Waals surface area (Å²) in [4.78, 5) is 22.7. The second-order valence-electron chi connectivity index (χ2n) is 5.20. The maximum Gasteiger partial charge on any atom is 0.266 e. The molecule has 0 aliphatic carbocycles. The summed E-state index contributed by atoms with van der Waals surface area (Å²) < 4.78 is 32.2. The van der Waals surface area contributed by atoms with Gasteiger partial charge in [0.05, 0.1) is 13.2 Å². The van der Waals surface area contributed by atoms with Crippen molar-refractivity contribution in [1.29, 1.82) is 0 Å². The topological polar surface area (TPSA) is 149 Å². The number of nitrogens with two attached hydrogens (primary N) is 1. The lowest BCUT2D eigenvalue weighted by atomic mass is 10.2. The number of benzene rings is 1. The molecule has 2 aromatic rings. The number of hydrogen-bond donors (Lipinski definition) is 2. The van der Waals surface area contributed by atoms with Crippen LogP contribution in [0.1, 0.15) is 38.2 Å². The monoisotopic (exact) mass is 430 g/mol. The fourth-order valence-corrected chi connectivity index (χ4v) is 4.23. The van der Waals surface area contributed by atoms with Crippen molar-refractivity contribution in [2.75, 3.05) is 33.4 Å². The summed E-state index contributed by atoms with van der Waals surface area (Å²) in [6.07, 6.45) is 0. The third-order valence-electron chi connectivity index (χ3n) is 3.47. The predicted octanol–water partition coefficient (Wildman–Crippen LogP) is 2.23. The van der Waals surface area contributed by atoms with Crippen molar-refractivity contribution >= 4 is 26.8 Å². The zero-order valence-corrected chi connectivity index (χ0v) is 18.3. The molecule has 1 saturated heterocycles. The molecule has 3 N–H and O–H groups in total. The number of carbonyl (C=O) groups excluding carboxylic acids is 1. The van der Waals surface area contributed by atoms with Crippen molar-refractivity contribution in [3.8, 4) is 0 Å². The Kier molecular flexibility index (Phi) is 11.8. The van der Waals surface area contributed by atoms with Gasteiger partial charge >= 0.3 is 0 Å². The van der Waals surface area contributed by atoms with E-state index < -0.39 is 20.9 Å². The number of nitrogens with zero attached hydrogens (tertiary/aromatic N) is 2. The highest BCUT2D eigenvalue weighted by molar-refractivity contribution is 7.89. The van der Waals surface area contributed by atoms with Gasteiger partial charge in [-0.2, -0.15) is 4.31 Å². The van der Waals surface area contributed by atoms with Gasteiger partial charge in [-0.1, -0.05) is 45.9 Å². The van der Waals surface area contributed by atoms with E-state index in [1.165, 1.54) is 4.31 Å². The zero-order chi connectivity index (χ0) is 22.6. The quantitative estimate of drug-likeness (QED) is 0.563. The first-order valence-corrected chi connectivity index (χ1v) is 10.8. The Hall–Kier alpha value is -2.50. The Bertz CT molecular complexity index is 885. The van der Waals surface area contributed by atoms with Crippen LogP contribution in [0.3, 0.4) is 0 Å². The van der Waals surface area contributed by atoms with E-state index in [1.807, 2.05) is 27.7 Å². The van der Waals surface area contributed by atoms with Crippen LogP contribution in [-0.4, -0.2) is 61.9 Å². The Balaban J connectivity index is 0.000000859. The molecule has 0 unspecified atom stereocenters. The Morgan fingerprint density at radius 1 is 1.17 bits per heavy atom. The van der Waals surface area contributed by atoms with Gasteiger partial charge in [-0.05, 0) is 6.07 Å². The minimum atomic E-state index is -3.80. The molecule has 29 heavy (non-hydrogen) atoms. The number of amides is 1. The van der Waals surface area contributed by atoms with E-state index >= 15 is 0 Å². The molecular weight excluding hydrogens is 400 g/mol. The number of aromatic amines is 1. The first-order chi connectivity index (χ1) is 13.7. The van der Waals surface area contributed by atoms with Gasteiger partial charge in [0.2, 0.25) is 10.0 Å². The Labute approximate surface area is 171 Å². The number of rotatable bonds is 3. The number of primary amides is 1. The number of morpholine rings is 1. The van der Waals surface area contributed by atoms with Crippen molar-refractivity contribution in [2.45, 2.75) is 32.6 Å². The summed E-state index contributed by atoms with van der Waals surface area (Å²) in [7, 11) is -2.91. The van der Waals surface area contributed by atoms with Crippen LogP contribution < -0.4 is 5.73 Å². The Morgan fingerprint density at radius 2 is 1.66 bits per heavy atom. The molecule has 11 heteroatoms. The van der Waals surface area contributed by atoms with Gasteiger partial charge in [0.1, 0.15) is 10.6 Å². The number of para-hydroxylation sites is 1. The van der Waals surface area contributed by atoms with Crippen molar-refractivity contribution in [3.05, 3.63) is 40.1 Å². The molecule has 2 heterocycles. The van der Waals surface area contributed by atoms with Gasteiger partial charge in [0.25, 0.3) is 5.91 Å². The van der Waals surface area contributed by atoms with Crippen molar-refractivity contribution < 1.29 is 22.9 Å². The second kappa shape index (κ2) is 12.9. The molecule has 10 nitrogen and oxygen atoms in total. The third-order valence-corrected chi connectivity index (χ3v) is 5.46. The summed E-state index contributed by atoms with van der Waals surface area (Å²) in [5, 5.41) is 9.28. The number of nitrogens with one attached hydrogen (secondary N) is 1. The molecule has 1 aliphatic rings. The average molecular weight is 431 g/mol. The SMILES string of the molecule is CC.CC.C[N+](=O)[O-].NC(=O)c1[nH]c2ccccc2c1S(=O)(=O)N1CCOCC1. The van der Waals surface area contributed by atoms with E-state index in [4.69, 9.17) is 20.6 Å². The third kappa shape index (κ3) is 7.11. The molecule has 1 aromatic carbocycles. The van der Waals surface area contributed by atoms with E-state index in [2.05, 4.69) is 4.98 Å². The fraction of sp³-hybridized carbons (Fsp3) is 0.500. The fourth-order valence-electron chi connectivity index (χ4n) is 2.47. The highest BCUT2D eigenvalue weighted by atomic mass is 32.2. The summed E-state index contributed by atoms with van der Waals surface area (Å²) in [6, 6.07) is 6.85. The summed E-state index contributed by atoms with van der Waals surface area (Å²) in [5.74, 6) is -0.793. The minimum Gasteiger partial charge on any atom is -0.379 e. The molecule has 3 rings (SSSR count). The molecule has 0 bridgehead atoms. The lowest BCUT2D eigenvalue weighted by Crippen LogP contribution is -2.41. The van der Waals surface area contributed by atoms with Crippen LogP contribution in [0.5, 0.6) is 0 Å². The molecular formula is C18H30N4O6S. The van der Waals surface area contributed by atoms with E-state index in [0.29, 0.717) is 24.1 Å². The highest BCUT2D eigenvalue weighted by Crippen LogP contribution is 2.29. The van der Waals surface area contributed by atoms with Crippen molar-refractivity contribution in [2.24, 2.45) is 5.73 Å². The molecule has 0 saturated carbocycles. The first kappa shape index (κ1) is 26.5. The van der Waals surface area contributed by atoms with Gasteiger partial charge in [-0.3, -0.25) is 14.9 Å². The number of sulfonamides is 1. The minimum absolute atomic E-state index is 0.0486. The average Bonchev–Trinajstić information content (AvgIpc) is 3.12. The Morgan fingerprint density at radius 3 is 2.14 bits per heavy atom. The maximum atomic E-state index is 12.8. The van der Waals surface area contributed by atoms with Crippen LogP contribution in [0, 0.1) is 10.1 Å². The van der Waals surface area contributed by atoms with Gasteiger partial charge in [0, 0.05) is 28.9 Å². The highest BCUT2D eigenvalue weighted by Gasteiger charge is 2.33. The van der Waals surface area contributed by atoms with Crippen LogP contribution in [0.15, 0.2) is 29.2 Å². The number of nitro groups is 1. The van der Waals surface area contributed by atoms with Crippen LogP contribution in [-0.2, 0) is 14.8 Å². The molecule has 1 amide bonds. The zero-order valence-electron chi connectivity index (χ0n) is 17.5. The van der Waals surface area contributed by atoms with Gasteiger partial charge < -0.3 is 15.5 Å². The number of H-pyrrole nitrogens is 1. The number of hydrogen-bond acceptors (Lipinski definition) is 6. The predicted molar refractivity (Wildman–Crippen MR) is 112 cm³/mol. The van der Waals surface area contributed by atoms with Crippen LogP contribution in [0.2, 0.25) is 0 Å². The van der Waals surface area contributed by atoms with E-state index in [9.17, 15) is 13.2 Å². The molecule has 164 valence electrons. The van der Waals surface area contributed by atoms with Gasteiger partial charge in [-0.25, -0.2) is 8.42 Å². The number of carbonyl (C=O) groups is 1. The lowest BCUT2D eigenvalue weighted by molar-refractivity contribution is -0.445. The molecule has 0 atom stereocenters. The maximum absolute atomic E-state index is 12.8. The number of aromatic nitrogens is 1. The largest absolute Gasteiger partial charge is 0.379 e. The smallest absolute Gasteiger partial charge is 0.266 e. The molecule has 1 aromatic heterocycles. The van der Waals surface area contributed by atoms with Crippen molar-refractivity contribution in [1.82, 2.24) is 9.29 Å². The van der Waals surface area contributed by atoms with E-state index in [1.54, 1.807) is 24.3 Å². The van der Waals surface area contributed by atoms with Crippen molar-refractivity contribution in [3.63, 3.8) is 0 Å². The molecule has 1 fully saturated rings. The molecule has 0 radical (unpaired) electrons. The van der Waals surface area contributed by atoms with E-state index in [-0.39, 0.29) is 23.7 Å². The van der Waals surface area contributed by atoms with Crippen LogP contribution >= 0.6 is 0 Å².